The van der Waals surface area contributed by atoms with Crippen LogP contribution in [-0.4, -0.2) is 28.1 Å². The SMILES string of the molecule is CCOC(=O)c1cnn2ccc(NC(=O)Cc3ccc(-c4ccccc4)cc3)cc12. The van der Waals surface area contributed by atoms with Crippen molar-refractivity contribution in [2.24, 2.45) is 0 Å². The molecule has 0 saturated carbocycles. The summed E-state index contributed by atoms with van der Waals surface area (Å²) in [6.45, 7) is 2.04. The zero-order valence-electron chi connectivity index (χ0n) is 16.5. The van der Waals surface area contributed by atoms with Gasteiger partial charge in [0.2, 0.25) is 5.91 Å². The molecule has 2 heterocycles. The van der Waals surface area contributed by atoms with E-state index in [0.29, 0.717) is 16.8 Å². The first-order valence-electron chi connectivity index (χ1n) is 9.73. The Bertz CT molecular complexity index is 1180. The van der Waals surface area contributed by atoms with Crippen LogP contribution in [0.5, 0.6) is 0 Å². The molecule has 0 radical (unpaired) electrons. The van der Waals surface area contributed by atoms with E-state index in [4.69, 9.17) is 4.74 Å². The van der Waals surface area contributed by atoms with Gasteiger partial charge in [0.25, 0.3) is 0 Å². The number of anilines is 1. The third kappa shape index (κ3) is 4.22. The fourth-order valence-electron chi connectivity index (χ4n) is 3.26. The van der Waals surface area contributed by atoms with Gasteiger partial charge in [0.15, 0.2) is 0 Å². The highest BCUT2D eigenvalue weighted by Crippen LogP contribution is 2.20. The van der Waals surface area contributed by atoms with Gasteiger partial charge in [-0.1, -0.05) is 54.6 Å². The summed E-state index contributed by atoms with van der Waals surface area (Å²) in [4.78, 5) is 24.6. The lowest BCUT2D eigenvalue weighted by Crippen LogP contribution is -2.14. The van der Waals surface area contributed by atoms with E-state index < -0.39 is 5.97 Å². The van der Waals surface area contributed by atoms with Crippen molar-refractivity contribution in [2.75, 3.05) is 11.9 Å². The minimum Gasteiger partial charge on any atom is -0.462 e. The third-order valence-electron chi connectivity index (χ3n) is 4.73. The summed E-state index contributed by atoms with van der Waals surface area (Å²) in [6.07, 6.45) is 3.42. The maximum atomic E-state index is 12.5. The van der Waals surface area contributed by atoms with Gasteiger partial charge in [0.05, 0.1) is 24.7 Å². The molecule has 0 aliphatic rings. The second kappa shape index (κ2) is 8.61. The van der Waals surface area contributed by atoms with Gasteiger partial charge in [0.1, 0.15) is 5.56 Å². The Morgan fingerprint density at radius 2 is 1.73 bits per heavy atom. The average molecular weight is 399 g/mol. The monoisotopic (exact) mass is 399 g/mol. The first kappa shape index (κ1) is 19.4. The summed E-state index contributed by atoms with van der Waals surface area (Å²) < 4.78 is 6.63. The lowest BCUT2D eigenvalue weighted by molar-refractivity contribution is -0.115. The summed E-state index contributed by atoms with van der Waals surface area (Å²) in [7, 11) is 0. The molecular weight excluding hydrogens is 378 g/mol. The van der Waals surface area contributed by atoms with Gasteiger partial charge in [-0.2, -0.15) is 5.10 Å². The Labute approximate surface area is 174 Å². The third-order valence-corrected chi connectivity index (χ3v) is 4.73. The Kier molecular flexibility index (Phi) is 5.57. The van der Waals surface area contributed by atoms with Crippen molar-refractivity contribution < 1.29 is 14.3 Å². The summed E-state index contributed by atoms with van der Waals surface area (Å²) in [5, 5.41) is 7.03. The van der Waals surface area contributed by atoms with Crippen LogP contribution >= 0.6 is 0 Å². The molecule has 0 fully saturated rings. The first-order valence-corrected chi connectivity index (χ1v) is 9.73. The van der Waals surface area contributed by atoms with Crippen molar-refractivity contribution in [2.45, 2.75) is 13.3 Å². The number of nitrogens with one attached hydrogen (secondary N) is 1. The number of carbonyl (C=O) groups excluding carboxylic acids is 2. The van der Waals surface area contributed by atoms with E-state index in [2.05, 4.69) is 22.5 Å². The molecule has 150 valence electrons. The van der Waals surface area contributed by atoms with Gasteiger partial charge in [0, 0.05) is 11.9 Å². The minimum absolute atomic E-state index is 0.135. The van der Waals surface area contributed by atoms with Gasteiger partial charge >= 0.3 is 5.97 Å². The molecule has 4 aromatic rings. The van der Waals surface area contributed by atoms with Crippen molar-refractivity contribution in [3.63, 3.8) is 0 Å². The molecule has 1 N–H and O–H groups in total. The number of hydrogen-bond acceptors (Lipinski definition) is 4. The fraction of sp³-hybridized carbons (Fsp3) is 0.125. The molecule has 6 heteroatoms. The molecular formula is C24H21N3O3. The maximum Gasteiger partial charge on any atom is 0.341 e. The molecule has 0 spiro atoms. The van der Waals surface area contributed by atoms with Crippen LogP contribution in [0.1, 0.15) is 22.8 Å². The van der Waals surface area contributed by atoms with Crippen LogP contribution in [0, 0.1) is 0 Å². The quantitative estimate of drug-likeness (QED) is 0.489. The molecule has 1 amide bonds. The first-order chi connectivity index (χ1) is 14.6. The summed E-state index contributed by atoms with van der Waals surface area (Å²) in [5.41, 5.74) is 4.71. The number of amides is 1. The highest BCUT2D eigenvalue weighted by molar-refractivity contribution is 5.98. The molecule has 0 aliphatic heterocycles. The van der Waals surface area contributed by atoms with Gasteiger partial charge in [-0.3, -0.25) is 4.79 Å². The summed E-state index contributed by atoms with van der Waals surface area (Å²) in [6, 6.07) is 21.5. The number of esters is 1. The van der Waals surface area contributed by atoms with Crippen molar-refractivity contribution in [1.82, 2.24) is 9.61 Å². The molecule has 0 atom stereocenters. The molecule has 0 aliphatic carbocycles. The fourth-order valence-corrected chi connectivity index (χ4v) is 3.26. The van der Waals surface area contributed by atoms with Crippen LogP contribution < -0.4 is 5.32 Å². The number of nitrogens with zero attached hydrogens (tertiary/aromatic N) is 2. The van der Waals surface area contributed by atoms with Crippen molar-refractivity contribution in [3.05, 3.63) is 90.3 Å². The average Bonchev–Trinajstić information content (AvgIpc) is 3.18. The molecule has 2 aromatic heterocycles. The number of ether oxygens (including phenoxy) is 1. The Morgan fingerprint density at radius 1 is 1.00 bits per heavy atom. The Morgan fingerprint density at radius 3 is 2.47 bits per heavy atom. The van der Waals surface area contributed by atoms with Crippen molar-refractivity contribution in [3.8, 4) is 11.1 Å². The Balaban J connectivity index is 1.45. The number of hydrogen-bond donors (Lipinski definition) is 1. The van der Waals surface area contributed by atoms with Crippen LogP contribution in [0.4, 0.5) is 5.69 Å². The highest BCUT2D eigenvalue weighted by Gasteiger charge is 2.14. The lowest BCUT2D eigenvalue weighted by Gasteiger charge is -2.08. The number of aromatic nitrogens is 2. The van der Waals surface area contributed by atoms with Gasteiger partial charge < -0.3 is 10.1 Å². The van der Waals surface area contributed by atoms with E-state index in [1.807, 2.05) is 42.5 Å². The van der Waals surface area contributed by atoms with Crippen molar-refractivity contribution >= 4 is 23.1 Å². The summed E-state index contributed by atoms with van der Waals surface area (Å²) >= 11 is 0. The molecule has 0 unspecified atom stereocenters. The van der Waals surface area contributed by atoms with Crippen molar-refractivity contribution in [1.29, 1.82) is 0 Å². The van der Waals surface area contributed by atoms with E-state index in [-0.39, 0.29) is 18.9 Å². The zero-order valence-corrected chi connectivity index (χ0v) is 16.5. The molecule has 0 saturated heterocycles. The summed E-state index contributed by atoms with van der Waals surface area (Å²) in [5.74, 6) is -0.571. The topological polar surface area (TPSA) is 72.7 Å². The van der Waals surface area contributed by atoms with Gasteiger partial charge in [-0.25, -0.2) is 9.31 Å². The van der Waals surface area contributed by atoms with Gasteiger partial charge in [-0.05, 0) is 35.7 Å². The van der Waals surface area contributed by atoms with E-state index in [1.54, 1.807) is 29.8 Å². The maximum absolute atomic E-state index is 12.5. The molecule has 2 aromatic carbocycles. The van der Waals surface area contributed by atoms with E-state index >= 15 is 0 Å². The molecule has 0 bridgehead atoms. The number of benzene rings is 2. The predicted octanol–water partition coefficient (Wildman–Crippen LogP) is 4.36. The van der Waals surface area contributed by atoms with E-state index in [9.17, 15) is 9.59 Å². The molecule has 4 rings (SSSR count). The lowest BCUT2D eigenvalue weighted by atomic mass is 10.0. The number of rotatable bonds is 6. The Hall–Kier alpha value is -3.93. The number of pyridine rings is 1. The second-order valence-corrected chi connectivity index (χ2v) is 6.81. The normalized spacial score (nSPS) is 10.7. The zero-order chi connectivity index (χ0) is 20.9. The van der Waals surface area contributed by atoms with Crippen LogP contribution in [-0.2, 0) is 16.0 Å². The standard InChI is InChI=1S/C24H21N3O3/c1-2-30-24(29)21-16-25-27-13-12-20(15-22(21)27)26-23(28)14-17-8-10-19(11-9-17)18-6-4-3-5-7-18/h3-13,15-16H,2,14H2,1H3,(H,26,28). The van der Waals surface area contributed by atoms with Crippen LogP contribution in [0.15, 0.2) is 79.1 Å². The molecule has 6 nitrogen and oxygen atoms in total. The minimum atomic E-state index is -0.436. The van der Waals surface area contributed by atoms with Gasteiger partial charge in [-0.15, -0.1) is 0 Å². The van der Waals surface area contributed by atoms with Crippen LogP contribution in [0.25, 0.3) is 16.6 Å². The van der Waals surface area contributed by atoms with E-state index in [0.717, 1.165) is 16.7 Å². The predicted molar refractivity (Wildman–Crippen MR) is 115 cm³/mol. The smallest absolute Gasteiger partial charge is 0.341 e. The number of fused-ring (bicyclic) bond motifs is 1. The van der Waals surface area contributed by atoms with E-state index in [1.165, 1.54) is 6.20 Å². The highest BCUT2D eigenvalue weighted by atomic mass is 16.5. The number of carbonyl (C=O) groups is 2. The second-order valence-electron chi connectivity index (χ2n) is 6.81. The molecule has 30 heavy (non-hydrogen) atoms. The van der Waals surface area contributed by atoms with Crippen LogP contribution in [0.3, 0.4) is 0 Å². The largest absolute Gasteiger partial charge is 0.462 e. The van der Waals surface area contributed by atoms with Crippen LogP contribution in [0.2, 0.25) is 0 Å².